The van der Waals surface area contributed by atoms with E-state index in [4.69, 9.17) is 0 Å². The van der Waals surface area contributed by atoms with Crippen LogP contribution in [0, 0.1) is 0 Å². The van der Waals surface area contributed by atoms with Crippen LogP contribution in [0.25, 0.3) is 0 Å². The van der Waals surface area contributed by atoms with Crippen LogP contribution in [-0.4, -0.2) is 61.1 Å². The Morgan fingerprint density at radius 1 is 0.744 bits per heavy atom. The van der Waals surface area contributed by atoms with Crippen LogP contribution >= 0.6 is 0 Å². The van der Waals surface area contributed by atoms with Gasteiger partial charge in [-0.3, -0.25) is 4.79 Å². The van der Waals surface area contributed by atoms with E-state index in [9.17, 15) is 31.8 Å². The van der Waals surface area contributed by atoms with Gasteiger partial charge in [-0.2, -0.15) is 8.61 Å². The van der Waals surface area contributed by atoms with Crippen molar-refractivity contribution in [3.05, 3.63) is 82.9 Å². The Morgan fingerprint density at radius 3 is 2.08 bits per heavy atom. The van der Waals surface area contributed by atoms with E-state index in [2.05, 4.69) is 0 Å². The molecular formula is C28H30N2O7S2. The summed E-state index contributed by atoms with van der Waals surface area (Å²) in [6, 6.07) is 15.5. The number of rotatable bonds is 7. The Labute approximate surface area is 228 Å². The second kappa shape index (κ2) is 10.7. The second-order valence-corrected chi connectivity index (χ2v) is 13.8. The molecule has 2 heterocycles. The first-order valence-electron chi connectivity index (χ1n) is 12.8. The molecule has 2 N–H and O–H groups in total. The molecule has 2 aliphatic heterocycles. The van der Waals surface area contributed by atoms with E-state index in [0.717, 1.165) is 42.5 Å². The minimum absolute atomic E-state index is 0.136. The number of phenolic OH excluding ortho intramolecular Hbond substituents is 2. The maximum atomic E-state index is 13.4. The van der Waals surface area contributed by atoms with E-state index in [1.165, 1.54) is 32.9 Å². The molecule has 39 heavy (non-hydrogen) atoms. The van der Waals surface area contributed by atoms with Crippen LogP contribution in [0.1, 0.15) is 46.3 Å². The van der Waals surface area contributed by atoms with Crippen LogP contribution in [0.5, 0.6) is 11.5 Å². The molecule has 1 saturated heterocycles. The van der Waals surface area contributed by atoms with Gasteiger partial charge < -0.3 is 10.2 Å². The lowest BCUT2D eigenvalue weighted by atomic mass is 10.0. The summed E-state index contributed by atoms with van der Waals surface area (Å²) in [5.74, 6) is -2.03. The molecule has 0 bridgehead atoms. The zero-order valence-electron chi connectivity index (χ0n) is 21.3. The molecule has 0 amide bonds. The van der Waals surface area contributed by atoms with Crippen molar-refractivity contribution in [2.75, 3.05) is 19.6 Å². The zero-order valence-corrected chi connectivity index (χ0v) is 22.9. The van der Waals surface area contributed by atoms with E-state index in [-0.39, 0.29) is 34.9 Å². The van der Waals surface area contributed by atoms with Crippen LogP contribution in [0.3, 0.4) is 0 Å². The van der Waals surface area contributed by atoms with Gasteiger partial charge in [-0.05, 0) is 54.2 Å². The Kier molecular flexibility index (Phi) is 7.51. The third-order valence-electron chi connectivity index (χ3n) is 7.34. The highest BCUT2D eigenvalue weighted by molar-refractivity contribution is 7.89. The number of Topliss-reactive ketones (excluding diaryl/α,β-unsaturated/α-hetero) is 1. The van der Waals surface area contributed by atoms with Gasteiger partial charge in [0.25, 0.3) is 0 Å². The summed E-state index contributed by atoms with van der Waals surface area (Å²) in [5.41, 5.74) is 2.12. The number of phenols is 2. The van der Waals surface area contributed by atoms with Crippen molar-refractivity contribution in [2.24, 2.45) is 0 Å². The minimum Gasteiger partial charge on any atom is -0.504 e. The average Bonchev–Trinajstić information content (AvgIpc) is 2.94. The molecule has 1 fully saturated rings. The number of aromatic hydroxyl groups is 2. The number of ketones is 1. The fourth-order valence-electron chi connectivity index (χ4n) is 5.09. The van der Waals surface area contributed by atoms with Gasteiger partial charge in [0.15, 0.2) is 17.3 Å². The summed E-state index contributed by atoms with van der Waals surface area (Å²) >= 11 is 0. The minimum atomic E-state index is -4.07. The molecule has 2 aliphatic rings. The Morgan fingerprint density at radius 2 is 1.38 bits per heavy atom. The molecular weight excluding hydrogens is 540 g/mol. The van der Waals surface area contributed by atoms with Crippen LogP contribution < -0.4 is 0 Å². The molecule has 3 aromatic carbocycles. The molecule has 3 aromatic rings. The van der Waals surface area contributed by atoms with Gasteiger partial charge in [0.1, 0.15) is 0 Å². The molecule has 5 rings (SSSR count). The van der Waals surface area contributed by atoms with Crippen LogP contribution in [0.4, 0.5) is 0 Å². The fraction of sp³-hybridized carbons (Fsp3) is 0.321. The average molecular weight is 571 g/mol. The number of fused-ring (bicyclic) bond motifs is 1. The summed E-state index contributed by atoms with van der Waals surface area (Å²) in [7, 11) is -7.69. The summed E-state index contributed by atoms with van der Waals surface area (Å²) in [6.07, 6.45) is 2.96. The van der Waals surface area contributed by atoms with E-state index < -0.39 is 37.3 Å². The molecule has 0 aromatic heterocycles. The number of carbonyl (C=O) groups excluding carboxylic acids is 1. The third kappa shape index (κ3) is 5.44. The fourth-order valence-corrected chi connectivity index (χ4v) is 8.08. The van der Waals surface area contributed by atoms with E-state index in [1.54, 1.807) is 0 Å². The maximum Gasteiger partial charge on any atom is 0.243 e. The van der Waals surface area contributed by atoms with Crippen molar-refractivity contribution >= 4 is 25.8 Å². The highest BCUT2D eigenvalue weighted by Crippen LogP contribution is 2.35. The molecule has 0 spiro atoms. The molecule has 0 unspecified atom stereocenters. The van der Waals surface area contributed by atoms with Gasteiger partial charge in [0, 0.05) is 38.7 Å². The standard InChI is InChI=1S/C28H30N2O7S2/c31-26(16-20-8-10-23(11-9-20)38(34,35)29-13-4-1-5-14-29)25-17-24(18-27(32)28(25)33)39(36,37)30-15-12-21-6-2-3-7-22(21)19-30/h2-3,6-11,17-18,32-33H,1,4-5,12-16,19H2. The number of carbonyl (C=O) groups is 1. The zero-order chi connectivity index (χ0) is 27.8. The van der Waals surface area contributed by atoms with Crippen molar-refractivity contribution in [2.45, 2.75) is 48.4 Å². The SMILES string of the molecule is O=C(Cc1ccc(S(=O)(=O)N2CCCCC2)cc1)c1cc(S(=O)(=O)N2CCc3ccccc3C2)cc(O)c1O. The summed E-state index contributed by atoms with van der Waals surface area (Å²) < 4.78 is 55.4. The number of sulfonamides is 2. The van der Waals surface area contributed by atoms with Crippen LogP contribution in [0.2, 0.25) is 0 Å². The number of nitrogens with zero attached hydrogens (tertiary/aromatic N) is 2. The monoisotopic (exact) mass is 570 g/mol. The lowest BCUT2D eigenvalue weighted by Gasteiger charge is -2.28. The van der Waals surface area contributed by atoms with Gasteiger partial charge >= 0.3 is 0 Å². The normalized spacial score (nSPS) is 17.0. The largest absolute Gasteiger partial charge is 0.504 e. The lowest BCUT2D eigenvalue weighted by Crippen LogP contribution is -2.36. The topological polar surface area (TPSA) is 132 Å². The van der Waals surface area contributed by atoms with Crippen molar-refractivity contribution in [3.63, 3.8) is 0 Å². The van der Waals surface area contributed by atoms with Crippen LogP contribution in [0.15, 0.2) is 70.5 Å². The van der Waals surface area contributed by atoms with E-state index in [1.807, 2.05) is 24.3 Å². The van der Waals surface area contributed by atoms with E-state index >= 15 is 0 Å². The first-order valence-corrected chi connectivity index (χ1v) is 15.7. The quantitative estimate of drug-likeness (QED) is 0.329. The molecule has 11 heteroatoms. The first-order chi connectivity index (χ1) is 18.6. The van der Waals surface area contributed by atoms with Gasteiger partial charge in [-0.25, -0.2) is 16.8 Å². The predicted octanol–water partition coefficient (Wildman–Crippen LogP) is 3.44. The van der Waals surface area contributed by atoms with Crippen molar-refractivity contribution < 1.29 is 31.8 Å². The highest BCUT2D eigenvalue weighted by Gasteiger charge is 2.31. The first kappa shape index (κ1) is 27.3. The number of benzene rings is 3. The highest BCUT2D eigenvalue weighted by atomic mass is 32.2. The van der Waals surface area contributed by atoms with Gasteiger partial charge in [0.05, 0.1) is 15.4 Å². The number of hydrogen-bond donors (Lipinski definition) is 2. The van der Waals surface area contributed by atoms with Gasteiger partial charge in [-0.1, -0.05) is 42.8 Å². The van der Waals surface area contributed by atoms with Gasteiger partial charge in [-0.15, -0.1) is 0 Å². The lowest BCUT2D eigenvalue weighted by molar-refractivity contribution is 0.0989. The summed E-state index contributed by atoms with van der Waals surface area (Å²) in [5, 5.41) is 20.7. The summed E-state index contributed by atoms with van der Waals surface area (Å²) in [4.78, 5) is 13.0. The van der Waals surface area contributed by atoms with E-state index in [0.29, 0.717) is 25.1 Å². The Balaban J connectivity index is 1.36. The summed E-state index contributed by atoms with van der Waals surface area (Å²) in [6.45, 7) is 1.37. The molecule has 0 atom stereocenters. The van der Waals surface area contributed by atoms with Crippen molar-refractivity contribution in [3.8, 4) is 11.5 Å². The van der Waals surface area contributed by atoms with Gasteiger partial charge in [0.2, 0.25) is 20.0 Å². The Hall–Kier alpha value is -3.25. The molecule has 0 radical (unpaired) electrons. The molecule has 0 saturated carbocycles. The second-order valence-electron chi connectivity index (χ2n) is 9.90. The molecule has 9 nitrogen and oxygen atoms in total. The maximum absolute atomic E-state index is 13.4. The Bertz CT molecular complexity index is 1610. The number of hydrogen-bond acceptors (Lipinski definition) is 7. The third-order valence-corrected chi connectivity index (χ3v) is 11.1. The molecule has 206 valence electrons. The molecule has 0 aliphatic carbocycles. The number of piperidine rings is 1. The van der Waals surface area contributed by atoms with Crippen molar-refractivity contribution in [1.82, 2.24) is 8.61 Å². The smallest absolute Gasteiger partial charge is 0.243 e. The van der Waals surface area contributed by atoms with Crippen LogP contribution in [-0.2, 0) is 39.4 Å². The van der Waals surface area contributed by atoms with Crippen molar-refractivity contribution in [1.29, 1.82) is 0 Å². The predicted molar refractivity (Wildman–Crippen MR) is 145 cm³/mol.